The molecule has 0 unspecified atom stereocenters. The number of carbonyl (C=O) groups is 2. The van der Waals surface area contributed by atoms with Crippen molar-refractivity contribution in [3.8, 4) is 5.75 Å². The van der Waals surface area contributed by atoms with E-state index in [-0.39, 0.29) is 24.1 Å². The van der Waals surface area contributed by atoms with Crippen molar-refractivity contribution in [1.82, 2.24) is 10.2 Å². The number of hydrogen-bond acceptors (Lipinski definition) is 5. The Morgan fingerprint density at radius 2 is 1.83 bits per heavy atom. The van der Waals surface area contributed by atoms with Crippen LogP contribution in [0.15, 0.2) is 24.3 Å². The molecule has 2 fully saturated rings. The van der Waals surface area contributed by atoms with Gasteiger partial charge in [-0.2, -0.15) is 0 Å². The first-order valence-corrected chi connectivity index (χ1v) is 13.4. The third-order valence-corrected chi connectivity index (χ3v) is 7.38. The first kappa shape index (κ1) is 25.8. The van der Waals surface area contributed by atoms with E-state index in [0.29, 0.717) is 32.1 Å². The molecule has 0 radical (unpaired) electrons. The number of fused-ring (bicyclic) bond motifs is 8. The second-order valence-corrected chi connectivity index (χ2v) is 11.2. The number of alkyl carbamates (subject to hydrolysis) is 1. The van der Waals surface area contributed by atoms with E-state index in [9.17, 15) is 9.59 Å². The van der Waals surface area contributed by atoms with E-state index in [0.717, 1.165) is 57.1 Å². The van der Waals surface area contributed by atoms with Gasteiger partial charge in [-0.1, -0.05) is 18.2 Å². The molecular weight excluding hydrogens is 444 g/mol. The lowest BCUT2D eigenvalue weighted by Gasteiger charge is -2.42. The lowest BCUT2D eigenvalue weighted by Crippen LogP contribution is -2.59. The number of para-hydroxylation sites is 1. The summed E-state index contributed by atoms with van der Waals surface area (Å²) in [6, 6.07) is 8.05. The normalized spacial score (nSPS) is 28.4. The zero-order valence-corrected chi connectivity index (χ0v) is 21.6. The minimum Gasteiger partial charge on any atom is -0.493 e. The van der Waals surface area contributed by atoms with Crippen LogP contribution < -0.4 is 10.1 Å². The molecule has 5 rings (SSSR count). The minimum atomic E-state index is -0.565. The molecule has 7 heteroatoms. The molecule has 2 bridgehead atoms. The van der Waals surface area contributed by atoms with Gasteiger partial charge in [0.2, 0.25) is 5.91 Å². The number of amides is 2. The van der Waals surface area contributed by atoms with Crippen molar-refractivity contribution < 1.29 is 23.8 Å². The Balaban J connectivity index is 1.48. The summed E-state index contributed by atoms with van der Waals surface area (Å²) >= 11 is 0. The van der Waals surface area contributed by atoms with E-state index in [4.69, 9.17) is 14.2 Å². The van der Waals surface area contributed by atoms with Gasteiger partial charge < -0.3 is 24.4 Å². The second-order valence-electron chi connectivity index (χ2n) is 11.2. The third-order valence-electron chi connectivity index (χ3n) is 7.38. The minimum absolute atomic E-state index is 0.130. The van der Waals surface area contributed by atoms with Gasteiger partial charge in [-0.3, -0.25) is 4.79 Å². The molecule has 3 aliphatic heterocycles. The van der Waals surface area contributed by atoms with Crippen LogP contribution in [0.3, 0.4) is 0 Å². The van der Waals surface area contributed by atoms with E-state index in [1.165, 1.54) is 5.56 Å². The highest BCUT2D eigenvalue weighted by atomic mass is 16.6. The van der Waals surface area contributed by atoms with Gasteiger partial charge in [-0.15, -0.1) is 0 Å². The van der Waals surface area contributed by atoms with Crippen LogP contribution in [0.5, 0.6) is 5.75 Å². The maximum Gasteiger partial charge on any atom is 0.407 e. The zero-order valence-electron chi connectivity index (χ0n) is 21.6. The number of nitrogens with one attached hydrogen (secondary N) is 1. The van der Waals surface area contributed by atoms with Gasteiger partial charge in [-0.25, -0.2) is 4.79 Å². The summed E-state index contributed by atoms with van der Waals surface area (Å²) in [5.41, 5.74) is 0.735. The molecule has 1 aromatic rings. The van der Waals surface area contributed by atoms with Crippen LogP contribution >= 0.6 is 0 Å². The molecule has 2 amide bonds. The van der Waals surface area contributed by atoms with Crippen molar-refractivity contribution in [2.75, 3.05) is 19.8 Å². The molecule has 1 N–H and O–H groups in total. The molecular formula is C28H42N2O5. The monoisotopic (exact) mass is 486 g/mol. The highest BCUT2D eigenvalue weighted by Gasteiger charge is 2.37. The van der Waals surface area contributed by atoms with Gasteiger partial charge in [0.05, 0.1) is 31.4 Å². The van der Waals surface area contributed by atoms with E-state index >= 15 is 0 Å². The molecule has 0 spiro atoms. The number of nitrogens with zero attached hydrogens (tertiary/aromatic N) is 1. The summed E-state index contributed by atoms with van der Waals surface area (Å²) < 4.78 is 18.1. The molecule has 1 aliphatic carbocycles. The van der Waals surface area contributed by atoms with Crippen molar-refractivity contribution in [2.45, 2.75) is 108 Å². The van der Waals surface area contributed by atoms with E-state index in [2.05, 4.69) is 23.5 Å². The predicted octanol–water partition coefficient (Wildman–Crippen LogP) is 5.18. The van der Waals surface area contributed by atoms with Gasteiger partial charge in [0.1, 0.15) is 11.4 Å². The van der Waals surface area contributed by atoms with Crippen LogP contribution in [-0.4, -0.2) is 60.4 Å². The lowest BCUT2D eigenvalue weighted by atomic mass is 9.82. The topological polar surface area (TPSA) is 77.1 Å². The summed E-state index contributed by atoms with van der Waals surface area (Å²) in [4.78, 5) is 27.7. The number of rotatable bonds is 1. The highest BCUT2D eigenvalue weighted by Crippen LogP contribution is 2.38. The Hall–Kier alpha value is -2.28. The summed E-state index contributed by atoms with van der Waals surface area (Å²) in [5.74, 6) is 1.61. The van der Waals surface area contributed by atoms with Crippen molar-refractivity contribution in [3.63, 3.8) is 0 Å². The summed E-state index contributed by atoms with van der Waals surface area (Å²) in [5, 5.41) is 3.05. The number of piperidine rings is 1. The lowest BCUT2D eigenvalue weighted by molar-refractivity contribution is -0.139. The molecule has 2 atom stereocenters. The van der Waals surface area contributed by atoms with Crippen molar-refractivity contribution in [3.05, 3.63) is 29.8 Å². The van der Waals surface area contributed by atoms with E-state index in [1.54, 1.807) is 0 Å². The molecule has 4 aliphatic rings. The molecule has 7 nitrogen and oxygen atoms in total. The number of ether oxygens (including phenoxy) is 3. The van der Waals surface area contributed by atoms with Gasteiger partial charge in [0, 0.05) is 13.0 Å². The van der Waals surface area contributed by atoms with Crippen LogP contribution in [0.25, 0.3) is 0 Å². The van der Waals surface area contributed by atoms with Gasteiger partial charge in [-0.05, 0) is 89.7 Å². The standard InChI is InChI=1S/C28H42N2O5/c1-28(2,3)35-27(32)29-23-10-8-17-30-24(23)19-34-21-15-13-20(14-16-21)22-9-4-5-11-25(22)33-18-7-6-12-26(30)31/h4-5,9,11,20-21,23-24H,6-8,10,12-19H2,1-3H3,(H,29,32)/t20?,21?,23-,24-/m0/s1. The van der Waals surface area contributed by atoms with Crippen LogP contribution in [0.2, 0.25) is 0 Å². The second kappa shape index (κ2) is 11.6. The largest absolute Gasteiger partial charge is 0.493 e. The Labute approximate surface area is 209 Å². The molecule has 1 saturated carbocycles. The van der Waals surface area contributed by atoms with Crippen LogP contribution in [0.1, 0.15) is 90.0 Å². The first-order chi connectivity index (χ1) is 16.8. The molecule has 194 valence electrons. The van der Waals surface area contributed by atoms with Crippen LogP contribution in [-0.2, 0) is 14.3 Å². The van der Waals surface area contributed by atoms with Gasteiger partial charge >= 0.3 is 6.09 Å². The Morgan fingerprint density at radius 3 is 2.60 bits per heavy atom. The van der Waals surface area contributed by atoms with E-state index < -0.39 is 11.7 Å². The average Bonchev–Trinajstić information content (AvgIpc) is 2.81. The Kier molecular flexibility index (Phi) is 8.58. The maximum absolute atomic E-state index is 13.2. The number of carbonyl (C=O) groups excluding carboxylic acids is 2. The van der Waals surface area contributed by atoms with Crippen molar-refractivity contribution in [1.29, 1.82) is 0 Å². The SMILES string of the molecule is CC(C)(C)OC(=O)N[C@H]1CCCN2C(=O)CCCCOc3ccccc3C3CCC(CC3)OC[C@@H]12. The van der Waals surface area contributed by atoms with Crippen LogP contribution in [0.4, 0.5) is 4.79 Å². The fraction of sp³-hybridized carbons (Fsp3) is 0.714. The number of benzene rings is 1. The molecule has 35 heavy (non-hydrogen) atoms. The Morgan fingerprint density at radius 1 is 1.06 bits per heavy atom. The smallest absolute Gasteiger partial charge is 0.407 e. The van der Waals surface area contributed by atoms with E-state index in [1.807, 2.05) is 31.7 Å². The molecule has 1 saturated heterocycles. The fourth-order valence-corrected chi connectivity index (χ4v) is 5.63. The zero-order chi connectivity index (χ0) is 24.8. The Bertz CT molecular complexity index is 859. The van der Waals surface area contributed by atoms with Crippen molar-refractivity contribution >= 4 is 12.0 Å². The van der Waals surface area contributed by atoms with Gasteiger partial charge in [0.15, 0.2) is 0 Å². The highest BCUT2D eigenvalue weighted by molar-refractivity contribution is 5.77. The molecule has 1 aromatic carbocycles. The summed E-state index contributed by atoms with van der Waals surface area (Å²) in [6.45, 7) is 7.34. The molecule has 3 heterocycles. The summed E-state index contributed by atoms with van der Waals surface area (Å²) in [7, 11) is 0. The molecule has 0 aromatic heterocycles. The van der Waals surface area contributed by atoms with Crippen LogP contribution in [0, 0.1) is 0 Å². The number of hydrogen-bond donors (Lipinski definition) is 1. The summed E-state index contributed by atoms with van der Waals surface area (Å²) in [6.07, 6.45) is 7.62. The average molecular weight is 487 g/mol. The third kappa shape index (κ3) is 7.12. The predicted molar refractivity (Wildman–Crippen MR) is 135 cm³/mol. The first-order valence-electron chi connectivity index (χ1n) is 13.4. The maximum atomic E-state index is 13.2. The quantitative estimate of drug-likeness (QED) is 0.592. The fourth-order valence-electron chi connectivity index (χ4n) is 5.63. The van der Waals surface area contributed by atoms with Gasteiger partial charge in [0.25, 0.3) is 0 Å². The van der Waals surface area contributed by atoms with Crippen molar-refractivity contribution in [2.24, 2.45) is 0 Å².